The van der Waals surface area contributed by atoms with Gasteiger partial charge in [0.15, 0.2) is 0 Å². The zero-order valence-corrected chi connectivity index (χ0v) is 11.9. The molecule has 2 N–H and O–H groups in total. The molecule has 0 aliphatic carbocycles. The minimum absolute atomic E-state index is 0.0233. The van der Waals surface area contributed by atoms with E-state index in [1.54, 1.807) is 6.07 Å². The SMILES string of the molecule is CC(C)NC(=O)CCNc1cc(OC(C)C)ncn1. The molecule has 0 radical (unpaired) electrons. The van der Waals surface area contributed by atoms with E-state index in [1.165, 1.54) is 6.33 Å². The molecule has 0 fully saturated rings. The quantitative estimate of drug-likeness (QED) is 0.783. The van der Waals surface area contributed by atoms with E-state index in [0.717, 1.165) is 0 Å². The number of carbonyl (C=O) groups excluding carboxylic acids is 1. The Hall–Kier alpha value is -1.85. The standard InChI is InChI=1S/C13H22N4O2/c1-9(2)17-12(18)5-6-14-11-7-13(16-8-15-11)19-10(3)4/h7-10H,5-6H2,1-4H3,(H,17,18)(H,14,15,16). The van der Waals surface area contributed by atoms with Crippen LogP contribution < -0.4 is 15.4 Å². The molecule has 6 heteroatoms. The predicted molar refractivity (Wildman–Crippen MR) is 74.2 cm³/mol. The van der Waals surface area contributed by atoms with Crippen molar-refractivity contribution in [2.24, 2.45) is 0 Å². The average molecular weight is 266 g/mol. The Balaban J connectivity index is 2.39. The van der Waals surface area contributed by atoms with Gasteiger partial charge in [-0.05, 0) is 27.7 Å². The van der Waals surface area contributed by atoms with Crippen LogP contribution in [-0.4, -0.2) is 34.6 Å². The van der Waals surface area contributed by atoms with Crippen LogP contribution in [0.15, 0.2) is 12.4 Å². The van der Waals surface area contributed by atoms with E-state index in [9.17, 15) is 4.79 Å². The number of aromatic nitrogens is 2. The van der Waals surface area contributed by atoms with Crippen molar-refractivity contribution in [2.45, 2.75) is 46.3 Å². The van der Waals surface area contributed by atoms with E-state index in [4.69, 9.17) is 4.74 Å². The molecule has 0 aromatic carbocycles. The molecule has 1 rings (SSSR count). The minimum atomic E-state index is 0.0233. The number of nitrogens with one attached hydrogen (secondary N) is 2. The van der Waals surface area contributed by atoms with Crippen molar-refractivity contribution >= 4 is 11.7 Å². The summed E-state index contributed by atoms with van der Waals surface area (Å²) in [7, 11) is 0. The van der Waals surface area contributed by atoms with Crippen LogP contribution in [-0.2, 0) is 4.79 Å². The molecule has 0 spiro atoms. The number of hydrogen-bond donors (Lipinski definition) is 2. The van der Waals surface area contributed by atoms with Crippen molar-refractivity contribution in [3.8, 4) is 5.88 Å². The lowest BCUT2D eigenvalue weighted by Gasteiger charge is -2.11. The van der Waals surface area contributed by atoms with Crippen molar-refractivity contribution < 1.29 is 9.53 Å². The zero-order chi connectivity index (χ0) is 14.3. The first-order chi connectivity index (χ1) is 8.97. The maximum atomic E-state index is 11.4. The Morgan fingerprint density at radius 2 is 2.05 bits per heavy atom. The first-order valence-electron chi connectivity index (χ1n) is 6.49. The summed E-state index contributed by atoms with van der Waals surface area (Å²) in [6, 6.07) is 1.89. The summed E-state index contributed by atoms with van der Waals surface area (Å²) in [6.07, 6.45) is 1.91. The monoisotopic (exact) mass is 266 g/mol. The second kappa shape index (κ2) is 7.56. The summed E-state index contributed by atoms with van der Waals surface area (Å²) < 4.78 is 5.46. The average Bonchev–Trinajstić information content (AvgIpc) is 2.27. The predicted octanol–water partition coefficient (Wildman–Crippen LogP) is 1.59. The van der Waals surface area contributed by atoms with E-state index in [0.29, 0.717) is 24.7 Å². The highest BCUT2D eigenvalue weighted by Gasteiger charge is 2.04. The molecule has 0 bridgehead atoms. The van der Waals surface area contributed by atoms with Crippen molar-refractivity contribution in [1.82, 2.24) is 15.3 Å². The molecule has 0 aliphatic rings. The van der Waals surface area contributed by atoms with Gasteiger partial charge >= 0.3 is 0 Å². The van der Waals surface area contributed by atoms with Gasteiger partial charge in [-0.25, -0.2) is 9.97 Å². The van der Waals surface area contributed by atoms with Gasteiger partial charge in [0, 0.05) is 25.1 Å². The van der Waals surface area contributed by atoms with Gasteiger partial charge < -0.3 is 15.4 Å². The molecule has 1 amide bonds. The van der Waals surface area contributed by atoms with Gasteiger partial charge in [-0.2, -0.15) is 0 Å². The molecule has 1 aromatic heterocycles. The third-order valence-electron chi connectivity index (χ3n) is 2.11. The Morgan fingerprint density at radius 1 is 1.32 bits per heavy atom. The number of hydrogen-bond acceptors (Lipinski definition) is 5. The highest BCUT2D eigenvalue weighted by atomic mass is 16.5. The summed E-state index contributed by atoms with van der Waals surface area (Å²) in [4.78, 5) is 19.5. The maximum Gasteiger partial charge on any atom is 0.221 e. The number of rotatable bonds is 7. The first-order valence-corrected chi connectivity index (χ1v) is 6.49. The third kappa shape index (κ3) is 6.59. The fraction of sp³-hybridized carbons (Fsp3) is 0.615. The van der Waals surface area contributed by atoms with Gasteiger partial charge in [-0.1, -0.05) is 0 Å². The van der Waals surface area contributed by atoms with Gasteiger partial charge in [-0.15, -0.1) is 0 Å². The summed E-state index contributed by atoms with van der Waals surface area (Å²) in [5, 5.41) is 5.90. The number of nitrogens with zero attached hydrogens (tertiary/aromatic N) is 2. The normalized spacial score (nSPS) is 10.6. The van der Waals surface area contributed by atoms with Crippen LogP contribution in [0.25, 0.3) is 0 Å². The number of carbonyl (C=O) groups is 1. The van der Waals surface area contributed by atoms with E-state index in [-0.39, 0.29) is 18.1 Å². The van der Waals surface area contributed by atoms with Crippen LogP contribution in [0.1, 0.15) is 34.1 Å². The molecule has 0 unspecified atom stereocenters. The summed E-state index contributed by atoms with van der Waals surface area (Å²) in [6.45, 7) is 8.27. The number of amides is 1. The highest BCUT2D eigenvalue weighted by Crippen LogP contribution is 2.12. The van der Waals surface area contributed by atoms with Crippen LogP contribution in [0.2, 0.25) is 0 Å². The van der Waals surface area contributed by atoms with E-state index >= 15 is 0 Å². The lowest BCUT2D eigenvalue weighted by Crippen LogP contribution is -2.31. The Morgan fingerprint density at radius 3 is 2.68 bits per heavy atom. The van der Waals surface area contributed by atoms with Crippen LogP contribution in [0.5, 0.6) is 5.88 Å². The van der Waals surface area contributed by atoms with Crippen LogP contribution in [0.4, 0.5) is 5.82 Å². The van der Waals surface area contributed by atoms with Crippen molar-refractivity contribution in [3.05, 3.63) is 12.4 Å². The number of anilines is 1. The topological polar surface area (TPSA) is 76.1 Å². The van der Waals surface area contributed by atoms with E-state index in [1.807, 2.05) is 27.7 Å². The van der Waals surface area contributed by atoms with Gasteiger partial charge in [0.25, 0.3) is 0 Å². The first kappa shape index (κ1) is 15.2. The van der Waals surface area contributed by atoms with Crippen molar-refractivity contribution in [2.75, 3.05) is 11.9 Å². The Bertz CT molecular complexity index is 407. The summed E-state index contributed by atoms with van der Waals surface area (Å²) >= 11 is 0. The Kier molecular flexibility index (Phi) is 6.05. The molecule has 0 saturated carbocycles. The molecule has 0 atom stereocenters. The van der Waals surface area contributed by atoms with Crippen molar-refractivity contribution in [1.29, 1.82) is 0 Å². The largest absolute Gasteiger partial charge is 0.475 e. The molecule has 6 nitrogen and oxygen atoms in total. The van der Waals surface area contributed by atoms with Crippen LogP contribution in [0.3, 0.4) is 0 Å². The number of ether oxygens (including phenoxy) is 1. The summed E-state index contributed by atoms with van der Waals surface area (Å²) in [5.74, 6) is 1.21. The van der Waals surface area contributed by atoms with Gasteiger partial charge in [-0.3, -0.25) is 4.79 Å². The summed E-state index contributed by atoms with van der Waals surface area (Å²) in [5.41, 5.74) is 0. The fourth-order valence-corrected chi connectivity index (χ4v) is 1.44. The smallest absolute Gasteiger partial charge is 0.221 e. The molecule has 1 heterocycles. The molecule has 19 heavy (non-hydrogen) atoms. The molecule has 106 valence electrons. The Labute approximate surface area is 114 Å². The highest BCUT2D eigenvalue weighted by molar-refractivity contribution is 5.76. The van der Waals surface area contributed by atoms with E-state index in [2.05, 4.69) is 20.6 Å². The lowest BCUT2D eigenvalue weighted by molar-refractivity contribution is -0.121. The fourth-order valence-electron chi connectivity index (χ4n) is 1.44. The van der Waals surface area contributed by atoms with E-state index < -0.39 is 0 Å². The molecule has 1 aromatic rings. The molecular weight excluding hydrogens is 244 g/mol. The van der Waals surface area contributed by atoms with Gasteiger partial charge in [0.2, 0.25) is 11.8 Å². The zero-order valence-electron chi connectivity index (χ0n) is 11.9. The third-order valence-corrected chi connectivity index (χ3v) is 2.11. The lowest BCUT2D eigenvalue weighted by atomic mass is 10.3. The van der Waals surface area contributed by atoms with Gasteiger partial charge in [0.05, 0.1) is 6.10 Å². The maximum absolute atomic E-state index is 11.4. The second-order valence-electron chi connectivity index (χ2n) is 4.81. The molecule has 0 aliphatic heterocycles. The molecule has 0 saturated heterocycles. The van der Waals surface area contributed by atoms with Crippen molar-refractivity contribution in [3.63, 3.8) is 0 Å². The minimum Gasteiger partial charge on any atom is -0.475 e. The van der Waals surface area contributed by atoms with Crippen LogP contribution in [0, 0.1) is 0 Å². The van der Waals surface area contributed by atoms with Crippen LogP contribution >= 0.6 is 0 Å². The van der Waals surface area contributed by atoms with Gasteiger partial charge in [0.1, 0.15) is 12.1 Å². The molecular formula is C13H22N4O2. The second-order valence-corrected chi connectivity index (χ2v) is 4.81.